The third-order valence-electron chi connectivity index (χ3n) is 6.33. The Kier molecular flexibility index (Phi) is 8.85. The lowest BCUT2D eigenvalue weighted by atomic mass is 10.1. The minimum atomic E-state index is -0.533. The van der Waals surface area contributed by atoms with Gasteiger partial charge in [0.1, 0.15) is 36.4 Å². The predicted molar refractivity (Wildman–Crippen MR) is 164 cm³/mol. The molecular formula is C34H24Cl2N2O3. The van der Waals surface area contributed by atoms with Gasteiger partial charge in [-0.2, -0.15) is 5.26 Å². The number of halogens is 2. The molecule has 0 spiro atoms. The molecule has 1 N–H and O–H groups in total. The molecule has 5 nitrogen and oxygen atoms in total. The van der Waals surface area contributed by atoms with Crippen molar-refractivity contribution < 1.29 is 14.3 Å². The predicted octanol–water partition coefficient (Wildman–Crippen LogP) is 8.85. The lowest BCUT2D eigenvalue weighted by molar-refractivity contribution is -0.112. The molecule has 1 amide bonds. The van der Waals surface area contributed by atoms with Gasteiger partial charge in [-0.1, -0.05) is 83.9 Å². The molecule has 41 heavy (non-hydrogen) atoms. The number of nitrogens with zero attached hydrogens (tertiary/aromatic N) is 1. The van der Waals surface area contributed by atoms with Gasteiger partial charge in [-0.3, -0.25) is 4.79 Å². The Labute approximate surface area is 248 Å². The molecule has 0 atom stereocenters. The molecule has 7 heteroatoms. The first-order valence-corrected chi connectivity index (χ1v) is 13.5. The number of fused-ring (bicyclic) bond motifs is 1. The maximum atomic E-state index is 12.8. The van der Waals surface area contributed by atoms with Crippen LogP contribution in [0.3, 0.4) is 0 Å². The molecule has 0 fully saturated rings. The summed E-state index contributed by atoms with van der Waals surface area (Å²) in [7, 11) is 0. The highest BCUT2D eigenvalue weighted by molar-refractivity contribution is 6.32. The highest BCUT2D eigenvalue weighted by Crippen LogP contribution is 2.29. The summed E-state index contributed by atoms with van der Waals surface area (Å²) in [6, 6.07) is 35.6. The van der Waals surface area contributed by atoms with Crippen LogP contribution in [0.5, 0.6) is 11.5 Å². The fourth-order valence-corrected chi connectivity index (χ4v) is 4.56. The summed E-state index contributed by atoms with van der Waals surface area (Å²) >= 11 is 12.4. The average molecular weight is 579 g/mol. The first-order chi connectivity index (χ1) is 20.0. The summed E-state index contributed by atoms with van der Waals surface area (Å²) in [5, 5.41) is 15.7. The molecule has 0 bridgehead atoms. The average Bonchev–Trinajstić information content (AvgIpc) is 3.00. The van der Waals surface area contributed by atoms with Gasteiger partial charge in [-0.05, 0) is 82.1 Å². The molecule has 0 saturated heterocycles. The molecule has 5 rings (SSSR count). The number of anilines is 1. The number of rotatable bonds is 9. The molecule has 0 unspecified atom stereocenters. The summed E-state index contributed by atoms with van der Waals surface area (Å²) in [5.74, 6) is 0.624. The Morgan fingerprint density at radius 2 is 1.59 bits per heavy atom. The normalized spacial score (nSPS) is 11.1. The van der Waals surface area contributed by atoms with E-state index in [0.29, 0.717) is 46.0 Å². The van der Waals surface area contributed by atoms with Crippen LogP contribution in [0, 0.1) is 11.3 Å². The molecular weight excluding hydrogens is 555 g/mol. The first kappa shape index (κ1) is 27.8. The Morgan fingerprint density at radius 3 is 2.34 bits per heavy atom. The number of carbonyl (C=O) groups is 1. The smallest absolute Gasteiger partial charge is 0.266 e. The molecule has 0 aromatic heterocycles. The van der Waals surface area contributed by atoms with Crippen molar-refractivity contribution in [2.24, 2.45) is 0 Å². The number of nitrogens with one attached hydrogen (secondary N) is 1. The Hall–Kier alpha value is -4.76. The van der Waals surface area contributed by atoms with Crippen molar-refractivity contribution >= 4 is 51.6 Å². The van der Waals surface area contributed by atoms with Gasteiger partial charge in [0.15, 0.2) is 0 Å². The highest BCUT2D eigenvalue weighted by atomic mass is 35.5. The van der Waals surface area contributed by atoms with Crippen LogP contribution < -0.4 is 14.8 Å². The van der Waals surface area contributed by atoms with Crippen molar-refractivity contribution in [2.75, 3.05) is 5.32 Å². The Morgan fingerprint density at radius 1 is 0.829 bits per heavy atom. The summed E-state index contributed by atoms with van der Waals surface area (Å²) in [6.07, 6.45) is 1.49. The van der Waals surface area contributed by atoms with E-state index < -0.39 is 5.91 Å². The number of ether oxygens (including phenoxy) is 2. The number of hydrogen-bond donors (Lipinski definition) is 1. The monoisotopic (exact) mass is 578 g/mol. The van der Waals surface area contributed by atoms with E-state index in [1.807, 2.05) is 54.6 Å². The quantitative estimate of drug-likeness (QED) is 0.140. The molecule has 0 radical (unpaired) electrons. The van der Waals surface area contributed by atoms with E-state index in [2.05, 4.69) is 23.5 Å². The van der Waals surface area contributed by atoms with Gasteiger partial charge in [0, 0.05) is 10.7 Å². The zero-order valence-electron chi connectivity index (χ0n) is 21.8. The first-order valence-electron chi connectivity index (χ1n) is 12.8. The van der Waals surface area contributed by atoms with Gasteiger partial charge >= 0.3 is 0 Å². The number of hydrogen-bond acceptors (Lipinski definition) is 4. The number of nitriles is 1. The van der Waals surface area contributed by atoms with Gasteiger partial charge in [-0.15, -0.1) is 0 Å². The molecule has 0 saturated carbocycles. The van der Waals surface area contributed by atoms with Crippen LogP contribution in [-0.2, 0) is 18.0 Å². The van der Waals surface area contributed by atoms with E-state index in [0.717, 1.165) is 21.9 Å². The van der Waals surface area contributed by atoms with E-state index in [9.17, 15) is 10.1 Å². The van der Waals surface area contributed by atoms with Crippen molar-refractivity contribution in [1.82, 2.24) is 0 Å². The molecule has 0 aliphatic rings. The van der Waals surface area contributed by atoms with Crippen molar-refractivity contribution in [3.05, 3.63) is 142 Å². The molecule has 0 aliphatic carbocycles. The molecule has 0 aliphatic heterocycles. The van der Waals surface area contributed by atoms with Crippen molar-refractivity contribution in [3.8, 4) is 17.6 Å². The fraction of sp³-hybridized carbons (Fsp3) is 0.0588. The SMILES string of the molecule is N#C/C(=C\c1ccc(OCc2cccc3ccccc23)c(Cl)c1)C(=O)Nc1ccc(OCc2ccc(Cl)cc2)cc1. The van der Waals surface area contributed by atoms with E-state index in [4.69, 9.17) is 32.7 Å². The van der Waals surface area contributed by atoms with Crippen LogP contribution in [0.1, 0.15) is 16.7 Å². The summed E-state index contributed by atoms with van der Waals surface area (Å²) in [6.45, 7) is 0.743. The molecule has 202 valence electrons. The van der Waals surface area contributed by atoms with E-state index in [1.54, 1.807) is 42.5 Å². The van der Waals surface area contributed by atoms with E-state index >= 15 is 0 Å². The number of amides is 1. The zero-order valence-corrected chi connectivity index (χ0v) is 23.3. The van der Waals surface area contributed by atoms with Crippen LogP contribution in [0.25, 0.3) is 16.8 Å². The van der Waals surface area contributed by atoms with Crippen LogP contribution in [0.4, 0.5) is 5.69 Å². The zero-order chi connectivity index (χ0) is 28.6. The molecule has 5 aromatic carbocycles. The third-order valence-corrected chi connectivity index (χ3v) is 6.87. The maximum absolute atomic E-state index is 12.8. The van der Waals surface area contributed by atoms with Crippen LogP contribution >= 0.6 is 23.2 Å². The summed E-state index contributed by atoms with van der Waals surface area (Å²) in [5.41, 5.74) is 3.11. The van der Waals surface area contributed by atoms with E-state index in [1.165, 1.54) is 6.08 Å². The van der Waals surface area contributed by atoms with Gasteiger partial charge in [0.2, 0.25) is 0 Å². The lowest BCUT2D eigenvalue weighted by Crippen LogP contribution is -2.13. The second-order valence-corrected chi connectivity index (χ2v) is 10.0. The van der Waals surface area contributed by atoms with Gasteiger partial charge in [0.25, 0.3) is 5.91 Å². The minimum Gasteiger partial charge on any atom is -0.489 e. The van der Waals surface area contributed by atoms with Crippen molar-refractivity contribution in [1.29, 1.82) is 5.26 Å². The van der Waals surface area contributed by atoms with Gasteiger partial charge < -0.3 is 14.8 Å². The van der Waals surface area contributed by atoms with Crippen molar-refractivity contribution in [3.63, 3.8) is 0 Å². The second-order valence-electron chi connectivity index (χ2n) is 9.18. The maximum Gasteiger partial charge on any atom is 0.266 e. The summed E-state index contributed by atoms with van der Waals surface area (Å²) in [4.78, 5) is 12.8. The van der Waals surface area contributed by atoms with Crippen molar-refractivity contribution in [2.45, 2.75) is 13.2 Å². The molecule has 0 heterocycles. The Bertz CT molecular complexity index is 1750. The number of benzene rings is 5. The van der Waals surface area contributed by atoms with Crippen LogP contribution in [0.15, 0.2) is 115 Å². The number of carbonyl (C=O) groups excluding carboxylic acids is 1. The second kappa shape index (κ2) is 13.1. The topological polar surface area (TPSA) is 71.3 Å². The van der Waals surface area contributed by atoms with Gasteiger partial charge in [-0.25, -0.2) is 0 Å². The minimum absolute atomic E-state index is 0.0615. The third kappa shape index (κ3) is 7.26. The largest absolute Gasteiger partial charge is 0.489 e. The highest BCUT2D eigenvalue weighted by Gasteiger charge is 2.11. The van der Waals surface area contributed by atoms with E-state index in [-0.39, 0.29) is 5.57 Å². The molecule has 5 aromatic rings. The summed E-state index contributed by atoms with van der Waals surface area (Å²) < 4.78 is 11.8. The standard InChI is InChI=1S/C34H24Cl2N2O3/c35-28-11-8-23(9-12-28)21-40-30-15-13-29(14-16-30)38-34(39)27(20-37)18-24-10-17-33(32(36)19-24)41-22-26-6-3-5-25-4-1-2-7-31(25)26/h1-19H,21-22H2,(H,38,39)/b27-18+. The van der Waals surface area contributed by atoms with Crippen LogP contribution in [0.2, 0.25) is 10.0 Å². The fourth-order valence-electron chi connectivity index (χ4n) is 4.19. The Balaban J connectivity index is 1.20. The lowest BCUT2D eigenvalue weighted by Gasteiger charge is -2.11. The van der Waals surface area contributed by atoms with Gasteiger partial charge in [0.05, 0.1) is 5.02 Å². The van der Waals surface area contributed by atoms with Crippen LogP contribution in [-0.4, -0.2) is 5.91 Å².